The maximum absolute atomic E-state index is 12.0. The number of nitrogens with one attached hydrogen (secondary N) is 6. The van der Waals surface area contributed by atoms with Crippen molar-refractivity contribution in [2.24, 2.45) is 5.73 Å². The molecule has 4 atom stereocenters. The number of hydrogen-bond acceptors (Lipinski definition) is 15. The van der Waals surface area contributed by atoms with E-state index in [2.05, 4.69) is 78.7 Å². The minimum Gasteiger partial charge on any atom is -0.491 e. The van der Waals surface area contributed by atoms with Crippen molar-refractivity contribution in [2.75, 3.05) is 71.6 Å². The smallest absolute Gasteiger partial charge is 0.319 e. The monoisotopic (exact) mass is 1160 g/mol. The predicted molar refractivity (Wildman–Crippen MR) is 334 cm³/mol. The Morgan fingerprint density at radius 3 is 1.48 bits per heavy atom. The lowest BCUT2D eigenvalue weighted by atomic mass is 9.96. The molecule has 462 valence electrons. The van der Waals surface area contributed by atoms with Gasteiger partial charge in [0.25, 0.3) is 0 Å². The maximum Gasteiger partial charge on any atom is 0.319 e. The Hall–Kier alpha value is -6.06. The third-order valence-corrected chi connectivity index (χ3v) is 12.5. The fraction of sp³-hybridized carbons (Fsp3) is 0.538. The molecule has 6 rings (SSSR count). The number of fused-ring (bicyclic) bond motifs is 1. The fourth-order valence-corrected chi connectivity index (χ4v) is 7.97. The Labute approximate surface area is 495 Å². The average Bonchev–Trinajstić information content (AvgIpc) is 3.56. The van der Waals surface area contributed by atoms with Gasteiger partial charge in [-0.05, 0) is 111 Å². The summed E-state index contributed by atoms with van der Waals surface area (Å²) in [6.07, 6.45) is 4.78. The van der Waals surface area contributed by atoms with E-state index in [0.29, 0.717) is 69.0 Å². The molecule has 1 aliphatic carbocycles. The van der Waals surface area contributed by atoms with Gasteiger partial charge in [-0.2, -0.15) is 0 Å². The van der Waals surface area contributed by atoms with Crippen LogP contribution in [-0.4, -0.2) is 153 Å². The van der Waals surface area contributed by atoms with Gasteiger partial charge in [0.15, 0.2) is 0 Å². The number of aliphatic hydroxyl groups is 4. The van der Waals surface area contributed by atoms with Crippen molar-refractivity contribution in [1.82, 2.24) is 26.6 Å². The van der Waals surface area contributed by atoms with E-state index < -0.39 is 24.4 Å². The molecule has 83 heavy (non-hydrogen) atoms. The van der Waals surface area contributed by atoms with Crippen LogP contribution in [0.15, 0.2) is 115 Å². The molecule has 1 fully saturated rings. The third-order valence-electron chi connectivity index (χ3n) is 12.5. The number of rotatable bonds is 30. The van der Waals surface area contributed by atoms with Gasteiger partial charge in [0.1, 0.15) is 73.8 Å². The summed E-state index contributed by atoms with van der Waals surface area (Å²) in [4.78, 5) is 22.8. The van der Waals surface area contributed by atoms with Crippen molar-refractivity contribution in [3.8, 4) is 23.0 Å². The number of carbonyl (C=O) groups is 2. The van der Waals surface area contributed by atoms with Crippen LogP contribution >= 0.6 is 0 Å². The van der Waals surface area contributed by atoms with Crippen molar-refractivity contribution in [2.45, 2.75) is 161 Å². The van der Waals surface area contributed by atoms with E-state index in [1.807, 2.05) is 82.3 Å². The van der Waals surface area contributed by atoms with Gasteiger partial charge >= 0.3 is 6.03 Å². The fourth-order valence-electron chi connectivity index (χ4n) is 7.97. The summed E-state index contributed by atoms with van der Waals surface area (Å²) in [5.41, 5.74) is 7.86. The quantitative estimate of drug-likeness (QED) is 0.0209. The predicted octanol–water partition coefficient (Wildman–Crippen LogP) is 7.91. The van der Waals surface area contributed by atoms with Crippen LogP contribution in [0.3, 0.4) is 0 Å². The highest BCUT2D eigenvalue weighted by atomic mass is 16.5. The first-order valence-electron chi connectivity index (χ1n) is 29.4. The Bertz CT molecular complexity index is 2480. The summed E-state index contributed by atoms with van der Waals surface area (Å²) >= 11 is 0. The molecule has 18 nitrogen and oxygen atoms in total. The molecule has 4 unspecified atom stereocenters. The van der Waals surface area contributed by atoms with Crippen molar-refractivity contribution in [1.29, 1.82) is 0 Å². The van der Waals surface area contributed by atoms with E-state index in [1.165, 1.54) is 24.8 Å². The van der Waals surface area contributed by atoms with E-state index in [1.54, 1.807) is 55.6 Å². The summed E-state index contributed by atoms with van der Waals surface area (Å²) in [6, 6.07) is 37.4. The zero-order valence-electron chi connectivity index (χ0n) is 51.1. The summed E-state index contributed by atoms with van der Waals surface area (Å²) in [5, 5.41) is 60.0. The van der Waals surface area contributed by atoms with E-state index in [0.717, 1.165) is 59.4 Å². The Morgan fingerprint density at radius 1 is 0.566 bits per heavy atom. The summed E-state index contributed by atoms with van der Waals surface area (Å²) < 4.78 is 27.3. The van der Waals surface area contributed by atoms with E-state index in [4.69, 9.17) is 29.4 Å². The Kier molecular flexibility index (Phi) is 34.5. The van der Waals surface area contributed by atoms with E-state index >= 15 is 0 Å². The molecule has 18 heteroatoms. The summed E-state index contributed by atoms with van der Waals surface area (Å²) in [5.74, 6) is 2.57. The SMILES string of the molecule is CC(C)(C)NCC(O)COc1ccc(NC(=O)NC2CCCCC2)cc1.CC(C)NCC(O)COc1ccc(CC(N)=O)cc1.CC(C)NCC(O)COc1cccc2ccccc12.COCCc1ccc(OCC(O)CNC(C)C)cc1. The molecule has 0 aliphatic heterocycles. The number of urea groups is 1. The zero-order valence-corrected chi connectivity index (χ0v) is 51.1. The summed E-state index contributed by atoms with van der Waals surface area (Å²) in [7, 11) is 1.70. The molecule has 5 aromatic rings. The highest BCUT2D eigenvalue weighted by Crippen LogP contribution is 2.25. The van der Waals surface area contributed by atoms with Crippen LogP contribution in [-0.2, 0) is 22.4 Å². The van der Waals surface area contributed by atoms with Gasteiger partial charge in [-0.3, -0.25) is 4.79 Å². The van der Waals surface area contributed by atoms with Crippen molar-refractivity contribution in [3.63, 3.8) is 0 Å². The van der Waals surface area contributed by atoms with Gasteiger partial charge in [-0.25, -0.2) is 4.79 Å². The van der Waals surface area contributed by atoms with E-state index in [-0.39, 0.29) is 43.2 Å². The van der Waals surface area contributed by atoms with E-state index in [9.17, 15) is 30.0 Å². The van der Waals surface area contributed by atoms with Crippen molar-refractivity contribution < 1.29 is 53.7 Å². The Morgan fingerprint density at radius 2 is 1.01 bits per heavy atom. The van der Waals surface area contributed by atoms with Crippen LogP contribution in [0.1, 0.15) is 106 Å². The number of amides is 3. The second-order valence-electron chi connectivity index (χ2n) is 22.8. The lowest BCUT2D eigenvalue weighted by molar-refractivity contribution is -0.117. The molecule has 0 radical (unpaired) electrons. The highest BCUT2D eigenvalue weighted by Gasteiger charge is 2.17. The first-order chi connectivity index (χ1) is 39.6. The molecular formula is C65H101N7O11. The number of hydrogen-bond donors (Lipinski definition) is 11. The minimum absolute atomic E-state index is 0.0352. The van der Waals surface area contributed by atoms with Crippen LogP contribution in [0.2, 0.25) is 0 Å². The molecular weight excluding hydrogens is 1050 g/mol. The minimum atomic E-state index is -0.576. The number of methoxy groups -OCH3 is 1. The first kappa shape index (κ1) is 71.2. The largest absolute Gasteiger partial charge is 0.491 e. The lowest BCUT2D eigenvalue weighted by Gasteiger charge is -2.23. The molecule has 0 spiro atoms. The molecule has 0 bridgehead atoms. The number of anilines is 1. The van der Waals surface area contributed by atoms with Crippen LogP contribution in [0.4, 0.5) is 10.5 Å². The number of ether oxygens (including phenoxy) is 5. The molecule has 3 amide bonds. The second kappa shape index (κ2) is 40.2. The third kappa shape index (κ3) is 34.3. The molecule has 1 saturated carbocycles. The van der Waals surface area contributed by atoms with Crippen molar-refractivity contribution in [3.05, 3.63) is 126 Å². The number of carbonyl (C=O) groups excluding carboxylic acids is 2. The Balaban J connectivity index is 0.000000293. The number of aliphatic hydroxyl groups excluding tert-OH is 4. The summed E-state index contributed by atoms with van der Waals surface area (Å²) in [6.45, 7) is 22.2. The van der Waals surface area contributed by atoms with Gasteiger partial charge < -0.3 is 81.7 Å². The van der Waals surface area contributed by atoms with Crippen LogP contribution < -0.4 is 56.6 Å². The molecule has 1 aliphatic rings. The first-order valence-corrected chi connectivity index (χ1v) is 29.4. The molecule has 5 aromatic carbocycles. The molecule has 0 heterocycles. The number of nitrogens with two attached hydrogens (primary N) is 1. The van der Waals surface area contributed by atoms with Gasteiger partial charge in [-0.1, -0.05) is 121 Å². The molecule has 0 aromatic heterocycles. The molecule has 0 saturated heterocycles. The van der Waals surface area contributed by atoms with Gasteiger partial charge in [0.2, 0.25) is 5.91 Å². The van der Waals surface area contributed by atoms with Crippen molar-refractivity contribution >= 4 is 28.4 Å². The number of benzene rings is 5. The zero-order chi connectivity index (χ0) is 61.0. The van der Waals surface area contributed by atoms with Gasteiger partial charge in [0, 0.05) is 74.1 Å². The van der Waals surface area contributed by atoms with Crippen LogP contribution in [0.25, 0.3) is 10.8 Å². The van der Waals surface area contributed by atoms with Crippen LogP contribution in [0.5, 0.6) is 23.0 Å². The van der Waals surface area contributed by atoms with Gasteiger partial charge in [-0.15, -0.1) is 0 Å². The van der Waals surface area contributed by atoms with Gasteiger partial charge in [0.05, 0.1) is 13.0 Å². The standard InChI is InChI=1S/C20H33N3O3.C16H21NO2.C15H25NO3.C14H22N2O3/c1-20(2,3)21-13-17(24)14-26-18-11-9-16(10-12-18)23-19(25)22-15-7-5-4-6-8-15;1-12(2)17-10-14(18)11-19-16-9-5-7-13-6-3-4-8-15(13)16;1-12(2)16-10-14(17)11-19-15-6-4-13(5-7-15)8-9-18-3;1-10(2)16-8-12(17)9-19-13-5-3-11(4-6-13)7-14(15)18/h9-12,15,17,21,24H,4-8,13-14H2,1-3H3,(H2,22,23,25);3-9,12,14,17-18H,10-11H2,1-2H3;4-7,12,14,16-17H,8-11H2,1-3H3;3-6,10,12,16-17H,7-9H2,1-2H3,(H2,15,18). The number of primary amides is 1. The highest BCUT2D eigenvalue weighted by molar-refractivity contribution is 5.89. The normalized spacial score (nSPS) is 13.9. The molecule has 12 N–H and O–H groups in total. The van der Waals surface area contributed by atoms with Crippen LogP contribution in [0, 0.1) is 0 Å². The number of β-amino-alcohol motifs (C(OH)–C–C–N with tert-alkyl or cyclic N) is 1. The topological polar surface area (TPSA) is 259 Å². The lowest BCUT2D eigenvalue weighted by Crippen LogP contribution is -2.42. The maximum atomic E-state index is 12.0. The average molecular weight is 1160 g/mol. The second-order valence-corrected chi connectivity index (χ2v) is 22.8.